The predicted octanol–water partition coefficient (Wildman–Crippen LogP) is 5.40. The van der Waals surface area contributed by atoms with Gasteiger partial charge in [0.2, 0.25) is 4.96 Å². The van der Waals surface area contributed by atoms with Crippen molar-refractivity contribution in [2.75, 3.05) is 0 Å². The molecule has 3 heterocycles. The van der Waals surface area contributed by atoms with Crippen molar-refractivity contribution in [3.05, 3.63) is 70.9 Å². The minimum Gasteiger partial charge on any atom is -0.488 e. The summed E-state index contributed by atoms with van der Waals surface area (Å²) in [7, 11) is 0. The van der Waals surface area contributed by atoms with Gasteiger partial charge in [0.1, 0.15) is 28.6 Å². The van der Waals surface area contributed by atoms with E-state index in [1.165, 1.54) is 0 Å². The van der Waals surface area contributed by atoms with Gasteiger partial charge in [-0.05, 0) is 43.2 Å². The molecule has 0 N–H and O–H groups in total. The Kier molecular flexibility index (Phi) is 3.72. The number of benzene rings is 2. The molecule has 6 heteroatoms. The van der Waals surface area contributed by atoms with Crippen LogP contribution in [0.5, 0.6) is 5.75 Å². The molecule has 0 bridgehead atoms. The molecule has 0 fully saturated rings. The highest BCUT2D eigenvalue weighted by atomic mass is 32.1. The van der Waals surface area contributed by atoms with Crippen LogP contribution >= 0.6 is 11.3 Å². The average Bonchev–Trinajstić information content (AvgIpc) is 3.32. The van der Waals surface area contributed by atoms with Crippen molar-refractivity contribution in [2.24, 2.45) is 0 Å². The molecule has 27 heavy (non-hydrogen) atoms. The van der Waals surface area contributed by atoms with Crippen LogP contribution in [0.1, 0.15) is 16.1 Å². The van der Waals surface area contributed by atoms with Gasteiger partial charge in [-0.1, -0.05) is 41.7 Å². The number of aryl methyl sites for hydroxylation is 2. The fourth-order valence-corrected chi connectivity index (χ4v) is 3.86. The largest absolute Gasteiger partial charge is 0.488 e. The normalized spacial score (nSPS) is 11.5. The van der Waals surface area contributed by atoms with Gasteiger partial charge in [0, 0.05) is 0 Å². The first-order chi connectivity index (χ1) is 13.2. The second-order valence-corrected chi connectivity index (χ2v) is 7.69. The van der Waals surface area contributed by atoms with Gasteiger partial charge in [-0.25, -0.2) is 9.50 Å². The number of nitrogens with zero attached hydrogens (tertiary/aromatic N) is 3. The zero-order valence-electron chi connectivity index (χ0n) is 15.0. The van der Waals surface area contributed by atoms with Gasteiger partial charge in [0.05, 0.1) is 11.6 Å². The van der Waals surface area contributed by atoms with E-state index < -0.39 is 0 Å². The quantitative estimate of drug-likeness (QED) is 0.422. The summed E-state index contributed by atoms with van der Waals surface area (Å²) >= 11 is 1.56. The molecule has 0 unspecified atom stereocenters. The lowest BCUT2D eigenvalue weighted by atomic mass is 10.1. The van der Waals surface area contributed by atoms with E-state index >= 15 is 0 Å². The molecule has 2 aromatic carbocycles. The molecule has 0 aliphatic carbocycles. The molecule has 0 spiro atoms. The molecule has 0 aliphatic rings. The second-order valence-electron chi connectivity index (χ2n) is 6.53. The molecule has 134 valence electrons. The molecular weight excluding hydrogens is 358 g/mol. The Morgan fingerprint density at radius 2 is 1.96 bits per heavy atom. The minimum absolute atomic E-state index is 0.517. The lowest BCUT2D eigenvalue weighted by molar-refractivity contribution is 0.310. The number of imidazole rings is 1. The summed E-state index contributed by atoms with van der Waals surface area (Å²) in [6, 6.07) is 16.2. The maximum Gasteiger partial charge on any atom is 0.212 e. The summed E-state index contributed by atoms with van der Waals surface area (Å²) in [5.41, 5.74) is 3.80. The molecule has 0 atom stereocenters. The number of hydrogen-bond donors (Lipinski definition) is 0. The van der Waals surface area contributed by atoms with Gasteiger partial charge in [-0.3, -0.25) is 0 Å². The Hall–Kier alpha value is -3.12. The molecule has 5 aromatic rings. The van der Waals surface area contributed by atoms with Gasteiger partial charge in [0.25, 0.3) is 0 Å². The van der Waals surface area contributed by atoms with Crippen LogP contribution in [0, 0.1) is 13.8 Å². The Bertz CT molecular complexity index is 1220. The summed E-state index contributed by atoms with van der Waals surface area (Å²) in [4.78, 5) is 5.49. The van der Waals surface area contributed by atoms with Crippen molar-refractivity contribution < 1.29 is 9.15 Å². The summed E-state index contributed by atoms with van der Waals surface area (Å²) in [5.74, 6) is 1.54. The summed E-state index contributed by atoms with van der Waals surface area (Å²) in [6.07, 6.45) is 1.90. The van der Waals surface area contributed by atoms with E-state index in [0.29, 0.717) is 6.61 Å². The zero-order valence-corrected chi connectivity index (χ0v) is 15.8. The van der Waals surface area contributed by atoms with Gasteiger partial charge in [-0.2, -0.15) is 5.10 Å². The Morgan fingerprint density at radius 3 is 2.78 bits per heavy atom. The van der Waals surface area contributed by atoms with Crippen LogP contribution in [-0.2, 0) is 6.61 Å². The molecule has 0 amide bonds. The molecular formula is C21H17N3O2S. The van der Waals surface area contributed by atoms with E-state index in [-0.39, 0.29) is 0 Å². The molecule has 0 aliphatic heterocycles. The van der Waals surface area contributed by atoms with E-state index in [2.05, 4.69) is 22.2 Å². The van der Waals surface area contributed by atoms with E-state index in [9.17, 15) is 0 Å². The van der Waals surface area contributed by atoms with E-state index in [1.54, 1.807) is 15.9 Å². The van der Waals surface area contributed by atoms with Gasteiger partial charge in [0.15, 0.2) is 5.76 Å². The lowest BCUT2D eigenvalue weighted by Gasteiger charge is -2.08. The highest BCUT2D eigenvalue weighted by Crippen LogP contribution is 2.35. The number of rotatable bonds is 4. The maximum atomic E-state index is 6.10. The van der Waals surface area contributed by atoms with Crippen molar-refractivity contribution in [2.45, 2.75) is 20.5 Å². The predicted molar refractivity (Wildman–Crippen MR) is 106 cm³/mol. The van der Waals surface area contributed by atoms with Crippen molar-refractivity contribution in [1.82, 2.24) is 14.6 Å². The van der Waals surface area contributed by atoms with E-state index in [1.807, 2.05) is 56.4 Å². The fraction of sp³-hybridized carbons (Fsp3) is 0.143. The summed E-state index contributed by atoms with van der Waals surface area (Å²) < 4.78 is 14.0. The summed E-state index contributed by atoms with van der Waals surface area (Å²) in [6.45, 7) is 4.53. The fourth-order valence-electron chi connectivity index (χ4n) is 3.14. The highest BCUT2D eigenvalue weighted by molar-refractivity contribution is 7.16. The number of ether oxygens (including phenoxy) is 1. The SMILES string of the molecule is Cc1cc(OCc2ccccc2)c2cc(-c3cn4nc(C)sc4n3)oc2c1. The van der Waals surface area contributed by atoms with Crippen LogP contribution in [0.15, 0.2) is 59.1 Å². The van der Waals surface area contributed by atoms with Gasteiger partial charge in [-0.15, -0.1) is 0 Å². The zero-order chi connectivity index (χ0) is 18.4. The van der Waals surface area contributed by atoms with Crippen molar-refractivity contribution in [1.29, 1.82) is 0 Å². The smallest absolute Gasteiger partial charge is 0.212 e. The number of fused-ring (bicyclic) bond motifs is 2. The topological polar surface area (TPSA) is 52.6 Å². The number of hydrogen-bond acceptors (Lipinski definition) is 5. The molecule has 3 aromatic heterocycles. The highest BCUT2D eigenvalue weighted by Gasteiger charge is 2.15. The second kappa shape index (κ2) is 6.25. The third-order valence-corrected chi connectivity index (χ3v) is 5.22. The van der Waals surface area contributed by atoms with Gasteiger partial charge < -0.3 is 9.15 Å². The molecule has 5 nitrogen and oxygen atoms in total. The maximum absolute atomic E-state index is 6.10. The molecule has 0 saturated heterocycles. The molecule has 0 radical (unpaired) electrons. The van der Waals surface area contributed by atoms with Crippen LogP contribution in [0.4, 0.5) is 0 Å². The van der Waals surface area contributed by atoms with Crippen LogP contribution < -0.4 is 4.74 Å². The lowest BCUT2D eigenvalue weighted by Crippen LogP contribution is -1.95. The number of furan rings is 1. The van der Waals surface area contributed by atoms with E-state index in [4.69, 9.17) is 9.15 Å². The van der Waals surface area contributed by atoms with E-state index in [0.717, 1.165) is 49.3 Å². The summed E-state index contributed by atoms with van der Waals surface area (Å²) in [5, 5.41) is 6.35. The first kappa shape index (κ1) is 16.1. The van der Waals surface area contributed by atoms with Crippen LogP contribution in [0.2, 0.25) is 0 Å². The third-order valence-electron chi connectivity index (χ3n) is 4.38. The third kappa shape index (κ3) is 2.98. The van der Waals surface area contributed by atoms with Crippen molar-refractivity contribution in [3.8, 4) is 17.2 Å². The van der Waals surface area contributed by atoms with Crippen LogP contribution in [0.25, 0.3) is 27.4 Å². The average molecular weight is 375 g/mol. The molecule has 5 rings (SSSR count). The Morgan fingerprint density at radius 1 is 1.11 bits per heavy atom. The Labute approximate surface area is 159 Å². The van der Waals surface area contributed by atoms with Gasteiger partial charge >= 0.3 is 0 Å². The monoisotopic (exact) mass is 375 g/mol. The van der Waals surface area contributed by atoms with Crippen molar-refractivity contribution in [3.63, 3.8) is 0 Å². The van der Waals surface area contributed by atoms with Crippen molar-refractivity contribution >= 4 is 27.3 Å². The molecule has 0 saturated carbocycles. The first-order valence-electron chi connectivity index (χ1n) is 8.70. The van der Waals surface area contributed by atoms with Crippen LogP contribution in [0.3, 0.4) is 0 Å². The Balaban J connectivity index is 1.53. The van der Waals surface area contributed by atoms with Crippen LogP contribution in [-0.4, -0.2) is 14.6 Å². The minimum atomic E-state index is 0.517. The standard InChI is InChI=1S/C21H17N3O2S/c1-13-8-18(25-12-15-6-4-3-5-7-15)16-10-20(26-19(16)9-13)17-11-24-21(22-17)27-14(2)23-24/h3-11H,12H2,1-2H3. The first-order valence-corrected chi connectivity index (χ1v) is 9.51. The number of aromatic nitrogens is 3.